The number of hydrogen-bond donors (Lipinski definition) is 1. The highest BCUT2D eigenvalue weighted by molar-refractivity contribution is 5.89. The number of carbonyl (C=O) groups is 1. The highest BCUT2D eigenvalue weighted by Crippen LogP contribution is 2.40. The topological polar surface area (TPSA) is 96.1 Å². The van der Waals surface area contributed by atoms with Crippen LogP contribution in [0.25, 0.3) is 11.3 Å². The van der Waals surface area contributed by atoms with E-state index in [2.05, 4.69) is 4.98 Å². The first-order valence-corrected chi connectivity index (χ1v) is 11.0. The van der Waals surface area contributed by atoms with Crippen molar-refractivity contribution in [1.29, 1.82) is 0 Å². The van der Waals surface area contributed by atoms with E-state index in [-0.39, 0.29) is 12.2 Å². The van der Waals surface area contributed by atoms with Crippen LogP contribution in [-0.2, 0) is 16.1 Å². The van der Waals surface area contributed by atoms with Gasteiger partial charge in [-0.2, -0.15) is 0 Å². The van der Waals surface area contributed by atoms with Crippen LogP contribution in [-0.4, -0.2) is 45.0 Å². The van der Waals surface area contributed by atoms with Gasteiger partial charge in [0.1, 0.15) is 17.9 Å². The van der Waals surface area contributed by atoms with E-state index >= 15 is 0 Å². The lowest BCUT2D eigenvalue weighted by Crippen LogP contribution is -2.17. The van der Waals surface area contributed by atoms with Gasteiger partial charge in [0.15, 0.2) is 16.9 Å². The molecule has 0 fully saturated rings. The first kappa shape index (κ1) is 24.9. The van der Waals surface area contributed by atoms with Gasteiger partial charge in [0.25, 0.3) is 0 Å². The number of ether oxygens (including phenoxy) is 5. The Bertz CT molecular complexity index is 1140. The number of aromatic amines is 1. The highest BCUT2D eigenvalue weighted by atomic mass is 16.5. The van der Waals surface area contributed by atoms with E-state index in [9.17, 15) is 9.59 Å². The smallest absolute Gasteiger partial charge is 0.343 e. The minimum atomic E-state index is -0.673. The molecule has 1 aromatic heterocycles. The molecule has 1 heterocycles. The molecule has 0 saturated heterocycles. The van der Waals surface area contributed by atoms with Gasteiger partial charge < -0.3 is 28.7 Å². The molecule has 2 aromatic carbocycles. The van der Waals surface area contributed by atoms with Gasteiger partial charge in [0.05, 0.1) is 26.0 Å². The van der Waals surface area contributed by atoms with Crippen LogP contribution in [0.3, 0.4) is 0 Å². The molecular formula is C26H29NO7. The zero-order valence-corrected chi connectivity index (χ0v) is 19.6. The van der Waals surface area contributed by atoms with Crippen LogP contribution in [0.4, 0.5) is 0 Å². The van der Waals surface area contributed by atoms with Gasteiger partial charge >= 0.3 is 5.97 Å². The maximum absolute atomic E-state index is 12.6. The Morgan fingerprint density at radius 3 is 2.41 bits per heavy atom. The maximum Gasteiger partial charge on any atom is 0.343 e. The molecule has 180 valence electrons. The van der Waals surface area contributed by atoms with Crippen molar-refractivity contribution in [1.82, 2.24) is 4.98 Å². The number of carbonyl (C=O) groups excluding carboxylic acids is 1. The van der Waals surface area contributed by atoms with Crippen LogP contribution < -0.4 is 19.6 Å². The number of aromatic nitrogens is 1. The third kappa shape index (κ3) is 6.39. The standard InChI is InChI=1S/C26H29NO7/c1-4-32-26(29)20-16-27-21(14-22(20)28)19-13-24(31-3)25(33-12-8-11-30-2)15-23(19)34-17-18-9-6-5-7-10-18/h5-7,9-10,13-16H,4,8,11-12,17H2,1-3H3,(H,27,28). The minimum Gasteiger partial charge on any atom is -0.493 e. The Morgan fingerprint density at radius 2 is 1.74 bits per heavy atom. The fraction of sp³-hybridized carbons (Fsp3) is 0.308. The summed E-state index contributed by atoms with van der Waals surface area (Å²) in [5.41, 5.74) is 1.51. The van der Waals surface area contributed by atoms with E-state index in [1.807, 2.05) is 30.3 Å². The monoisotopic (exact) mass is 467 g/mol. The molecular weight excluding hydrogens is 438 g/mol. The van der Waals surface area contributed by atoms with Crippen molar-refractivity contribution in [2.75, 3.05) is 34.0 Å². The average molecular weight is 468 g/mol. The molecule has 0 aliphatic carbocycles. The second-order valence-electron chi connectivity index (χ2n) is 7.31. The molecule has 0 saturated carbocycles. The Morgan fingerprint density at radius 1 is 0.941 bits per heavy atom. The third-order valence-corrected chi connectivity index (χ3v) is 4.95. The lowest BCUT2D eigenvalue weighted by molar-refractivity contribution is 0.0524. The summed E-state index contributed by atoms with van der Waals surface area (Å²) in [6.45, 7) is 3.19. The van der Waals surface area contributed by atoms with Crippen molar-refractivity contribution in [3.63, 3.8) is 0 Å². The number of methoxy groups -OCH3 is 2. The van der Waals surface area contributed by atoms with Gasteiger partial charge in [-0.05, 0) is 18.6 Å². The normalized spacial score (nSPS) is 10.6. The molecule has 0 aliphatic rings. The van der Waals surface area contributed by atoms with Crippen molar-refractivity contribution in [2.24, 2.45) is 0 Å². The van der Waals surface area contributed by atoms with Crippen molar-refractivity contribution >= 4 is 5.97 Å². The molecule has 1 N–H and O–H groups in total. The molecule has 0 bridgehead atoms. The quantitative estimate of drug-likeness (QED) is 0.315. The van der Waals surface area contributed by atoms with Crippen LogP contribution in [0.15, 0.2) is 59.5 Å². The Balaban J connectivity index is 1.98. The van der Waals surface area contributed by atoms with Gasteiger partial charge in [-0.15, -0.1) is 0 Å². The summed E-state index contributed by atoms with van der Waals surface area (Å²) >= 11 is 0. The number of benzene rings is 2. The van der Waals surface area contributed by atoms with E-state index in [0.29, 0.717) is 54.7 Å². The zero-order valence-electron chi connectivity index (χ0n) is 19.6. The van der Waals surface area contributed by atoms with E-state index in [4.69, 9.17) is 23.7 Å². The molecule has 3 rings (SSSR count). The summed E-state index contributed by atoms with van der Waals surface area (Å²) in [5, 5.41) is 0. The van der Waals surface area contributed by atoms with Crippen LogP contribution in [0, 0.1) is 0 Å². The number of pyridine rings is 1. The molecule has 0 unspecified atom stereocenters. The van der Waals surface area contributed by atoms with E-state index in [1.165, 1.54) is 19.4 Å². The summed E-state index contributed by atoms with van der Waals surface area (Å²) in [4.78, 5) is 27.6. The maximum atomic E-state index is 12.6. The summed E-state index contributed by atoms with van der Waals surface area (Å²) in [5.74, 6) is 0.810. The first-order valence-electron chi connectivity index (χ1n) is 11.0. The first-order chi connectivity index (χ1) is 16.6. The van der Waals surface area contributed by atoms with Crippen LogP contribution >= 0.6 is 0 Å². The minimum absolute atomic E-state index is 0.0672. The summed E-state index contributed by atoms with van der Waals surface area (Å²) in [6, 6.07) is 14.5. The average Bonchev–Trinajstić information content (AvgIpc) is 2.86. The molecule has 0 radical (unpaired) electrons. The molecule has 0 aliphatic heterocycles. The van der Waals surface area contributed by atoms with E-state index in [1.54, 1.807) is 26.2 Å². The number of H-pyrrole nitrogens is 1. The summed E-state index contributed by atoms with van der Waals surface area (Å²) in [7, 11) is 3.18. The molecule has 8 nitrogen and oxygen atoms in total. The lowest BCUT2D eigenvalue weighted by atomic mass is 10.1. The Hall–Kier alpha value is -3.78. The second-order valence-corrected chi connectivity index (χ2v) is 7.31. The van der Waals surface area contributed by atoms with Gasteiger partial charge in [-0.1, -0.05) is 30.3 Å². The molecule has 34 heavy (non-hydrogen) atoms. The summed E-state index contributed by atoms with van der Waals surface area (Å²) in [6.07, 6.45) is 2.06. The molecule has 0 atom stereocenters. The van der Waals surface area contributed by atoms with Crippen LogP contribution in [0.1, 0.15) is 29.3 Å². The number of rotatable bonds is 12. The van der Waals surface area contributed by atoms with Crippen LogP contribution in [0.2, 0.25) is 0 Å². The number of nitrogens with one attached hydrogen (secondary N) is 1. The Labute approximate surface area is 198 Å². The van der Waals surface area contributed by atoms with Gasteiger partial charge in [0, 0.05) is 44.0 Å². The molecule has 0 amide bonds. The number of hydrogen-bond acceptors (Lipinski definition) is 7. The number of esters is 1. The zero-order chi connectivity index (χ0) is 24.3. The van der Waals surface area contributed by atoms with E-state index < -0.39 is 11.4 Å². The van der Waals surface area contributed by atoms with Gasteiger partial charge in [0.2, 0.25) is 0 Å². The third-order valence-electron chi connectivity index (χ3n) is 4.95. The van der Waals surface area contributed by atoms with Gasteiger partial charge in [-0.3, -0.25) is 4.79 Å². The predicted octanol–water partition coefficient (Wildman–Crippen LogP) is 4.22. The van der Waals surface area contributed by atoms with Crippen molar-refractivity contribution in [3.8, 4) is 28.5 Å². The van der Waals surface area contributed by atoms with Crippen molar-refractivity contribution < 1.29 is 28.5 Å². The second kappa shape index (κ2) is 12.5. The fourth-order valence-electron chi connectivity index (χ4n) is 3.26. The molecule has 0 spiro atoms. The fourth-order valence-corrected chi connectivity index (χ4v) is 3.26. The molecule has 8 heteroatoms. The lowest BCUT2D eigenvalue weighted by Gasteiger charge is -2.17. The Kier molecular flexibility index (Phi) is 9.11. The highest BCUT2D eigenvalue weighted by Gasteiger charge is 2.18. The predicted molar refractivity (Wildman–Crippen MR) is 128 cm³/mol. The van der Waals surface area contributed by atoms with Crippen LogP contribution in [0.5, 0.6) is 17.2 Å². The summed E-state index contributed by atoms with van der Waals surface area (Å²) < 4.78 is 27.6. The van der Waals surface area contributed by atoms with E-state index in [0.717, 1.165) is 5.56 Å². The van der Waals surface area contributed by atoms with Gasteiger partial charge in [-0.25, -0.2) is 4.79 Å². The molecule has 3 aromatic rings. The SMILES string of the molecule is CCOC(=O)c1c[nH]c(-c2cc(OC)c(OCCCOC)cc2OCc2ccccc2)cc1=O. The van der Waals surface area contributed by atoms with Crippen molar-refractivity contribution in [3.05, 3.63) is 76.1 Å². The van der Waals surface area contributed by atoms with Crippen molar-refractivity contribution in [2.45, 2.75) is 20.0 Å². The largest absolute Gasteiger partial charge is 0.493 e.